The molecule has 0 saturated carbocycles. The van der Waals surface area contributed by atoms with Crippen molar-refractivity contribution in [2.24, 2.45) is 0 Å². The molecule has 2 aromatic rings. The van der Waals surface area contributed by atoms with Crippen LogP contribution < -0.4 is 0 Å². The highest BCUT2D eigenvalue weighted by Crippen LogP contribution is 2.22. The average Bonchev–Trinajstić information content (AvgIpc) is 2.59. The first kappa shape index (κ1) is 8.62. The van der Waals surface area contributed by atoms with Gasteiger partial charge in [0.15, 0.2) is 0 Å². The van der Waals surface area contributed by atoms with Gasteiger partial charge in [-0.15, -0.1) is 0 Å². The van der Waals surface area contributed by atoms with E-state index >= 15 is 0 Å². The SMILES string of the molecule is COC(=O)c1c[nH]c2cc(O)ccc12. The molecule has 4 nitrogen and oxygen atoms in total. The second-order valence-corrected chi connectivity index (χ2v) is 2.92. The maximum absolute atomic E-state index is 11.3. The van der Waals surface area contributed by atoms with E-state index < -0.39 is 0 Å². The molecule has 0 aliphatic heterocycles. The molecule has 1 aromatic carbocycles. The van der Waals surface area contributed by atoms with Gasteiger partial charge in [0.2, 0.25) is 0 Å². The molecule has 14 heavy (non-hydrogen) atoms. The number of nitrogens with one attached hydrogen (secondary N) is 1. The number of aromatic nitrogens is 1. The van der Waals surface area contributed by atoms with Gasteiger partial charge in [0.05, 0.1) is 12.7 Å². The second kappa shape index (κ2) is 3.06. The third kappa shape index (κ3) is 1.21. The minimum atomic E-state index is -0.387. The van der Waals surface area contributed by atoms with E-state index in [1.165, 1.54) is 13.2 Å². The van der Waals surface area contributed by atoms with Crippen LogP contribution in [0, 0.1) is 0 Å². The fourth-order valence-corrected chi connectivity index (χ4v) is 1.39. The highest BCUT2D eigenvalue weighted by atomic mass is 16.5. The molecule has 0 saturated heterocycles. The number of rotatable bonds is 1. The van der Waals surface area contributed by atoms with Crippen LogP contribution in [0.25, 0.3) is 10.9 Å². The summed E-state index contributed by atoms with van der Waals surface area (Å²) in [5.41, 5.74) is 1.19. The molecule has 0 unspecified atom stereocenters. The number of hydrogen-bond acceptors (Lipinski definition) is 3. The summed E-state index contributed by atoms with van der Waals surface area (Å²) in [7, 11) is 1.33. The van der Waals surface area contributed by atoms with E-state index in [-0.39, 0.29) is 11.7 Å². The quantitative estimate of drug-likeness (QED) is 0.674. The van der Waals surface area contributed by atoms with Crippen molar-refractivity contribution < 1.29 is 14.6 Å². The molecular weight excluding hydrogens is 182 g/mol. The smallest absolute Gasteiger partial charge is 0.340 e. The first-order chi connectivity index (χ1) is 6.72. The largest absolute Gasteiger partial charge is 0.508 e. The van der Waals surface area contributed by atoms with Crippen molar-refractivity contribution in [3.8, 4) is 5.75 Å². The third-order valence-corrected chi connectivity index (χ3v) is 2.07. The van der Waals surface area contributed by atoms with E-state index in [4.69, 9.17) is 0 Å². The minimum Gasteiger partial charge on any atom is -0.508 e. The lowest BCUT2D eigenvalue weighted by Gasteiger charge is -1.96. The first-order valence-electron chi connectivity index (χ1n) is 4.11. The predicted molar refractivity (Wildman–Crippen MR) is 51.3 cm³/mol. The highest BCUT2D eigenvalue weighted by molar-refractivity contribution is 6.04. The molecule has 0 fully saturated rings. The Labute approximate surface area is 80.1 Å². The lowest BCUT2D eigenvalue weighted by Crippen LogP contribution is -1.99. The Hall–Kier alpha value is -1.97. The molecule has 0 bridgehead atoms. The van der Waals surface area contributed by atoms with Gasteiger partial charge in [0, 0.05) is 23.2 Å². The number of phenols is 1. The van der Waals surface area contributed by atoms with Gasteiger partial charge >= 0.3 is 5.97 Å². The van der Waals surface area contributed by atoms with Gasteiger partial charge in [0.25, 0.3) is 0 Å². The van der Waals surface area contributed by atoms with Crippen molar-refractivity contribution in [2.45, 2.75) is 0 Å². The molecule has 0 aliphatic carbocycles. The van der Waals surface area contributed by atoms with Crippen LogP contribution in [0.15, 0.2) is 24.4 Å². The van der Waals surface area contributed by atoms with E-state index in [0.29, 0.717) is 11.1 Å². The molecule has 0 amide bonds. The lowest BCUT2D eigenvalue weighted by atomic mass is 10.2. The summed E-state index contributed by atoms with van der Waals surface area (Å²) in [6.07, 6.45) is 1.57. The summed E-state index contributed by atoms with van der Waals surface area (Å²) in [5.74, 6) is -0.224. The van der Waals surface area contributed by atoms with Crippen LogP contribution in [-0.4, -0.2) is 23.2 Å². The summed E-state index contributed by atoms with van der Waals surface area (Å²) < 4.78 is 4.61. The van der Waals surface area contributed by atoms with Gasteiger partial charge in [-0.2, -0.15) is 0 Å². The number of methoxy groups -OCH3 is 1. The lowest BCUT2D eigenvalue weighted by molar-refractivity contribution is 0.0603. The normalized spacial score (nSPS) is 10.4. The zero-order valence-corrected chi connectivity index (χ0v) is 7.57. The fourth-order valence-electron chi connectivity index (χ4n) is 1.39. The van der Waals surface area contributed by atoms with Crippen LogP contribution in [-0.2, 0) is 4.74 Å². The maximum atomic E-state index is 11.3. The van der Waals surface area contributed by atoms with Crippen LogP contribution in [0.3, 0.4) is 0 Å². The van der Waals surface area contributed by atoms with E-state index in [1.807, 2.05) is 0 Å². The average molecular weight is 191 g/mol. The maximum Gasteiger partial charge on any atom is 0.340 e. The van der Waals surface area contributed by atoms with E-state index in [0.717, 1.165) is 5.39 Å². The zero-order valence-electron chi connectivity index (χ0n) is 7.57. The molecule has 1 heterocycles. The van der Waals surface area contributed by atoms with Crippen molar-refractivity contribution in [3.05, 3.63) is 30.0 Å². The number of carbonyl (C=O) groups excluding carboxylic acids is 1. The number of aromatic amines is 1. The molecule has 2 rings (SSSR count). The van der Waals surface area contributed by atoms with Crippen molar-refractivity contribution >= 4 is 16.9 Å². The number of benzene rings is 1. The number of fused-ring (bicyclic) bond motifs is 1. The monoisotopic (exact) mass is 191 g/mol. The molecule has 2 N–H and O–H groups in total. The second-order valence-electron chi connectivity index (χ2n) is 2.92. The molecule has 0 atom stereocenters. The van der Waals surface area contributed by atoms with Crippen molar-refractivity contribution in [3.63, 3.8) is 0 Å². The van der Waals surface area contributed by atoms with Crippen LogP contribution in [0.2, 0.25) is 0 Å². The summed E-state index contributed by atoms with van der Waals surface area (Å²) in [6.45, 7) is 0. The standard InChI is InChI=1S/C10H9NO3/c1-14-10(13)8-5-11-9-4-6(12)2-3-7(8)9/h2-5,11-12H,1H3. The number of carbonyl (C=O) groups is 1. The van der Waals surface area contributed by atoms with Crippen LogP contribution in [0.1, 0.15) is 10.4 Å². The van der Waals surface area contributed by atoms with Crippen LogP contribution in [0.5, 0.6) is 5.75 Å². The number of hydrogen-bond donors (Lipinski definition) is 2. The van der Waals surface area contributed by atoms with Gasteiger partial charge in [0.1, 0.15) is 5.75 Å². The Bertz CT molecular complexity index is 487. The summed E-state index contributed by atoms with van der Waals surface area (Å²) >= 11 is 0. The van der Waals surface area contributed by atoms with E-state index in [2.05, 4.69) is 9.72 Å². The first-order valence-corrected chi connectivity index (χ1v) is 4.11. The van der Waals surface area contributed by atoms with Crippen molar-refractivity contribution in [1.82, 2.24) is 4.98 Å². The highest BCUT2D eigenvalue weighted by Gasteiger charge is 2.11. The van der Waals surface area contributed by atoms with E-state index in [1.54, 1.807) is 18.3 Å². The molecule has 72 valence electrons. The summed E-state index contributed by atoms with van der Waals surface area (Å²) in [5, 5.41) is 9.94. The minimum absolute atomic E-state index is 0.163. The molecule has 4 heteroatoms. The number of H-pyrrole nitrogens is 1. The van der Waals surface area contributed by atoms with Gasteiger partial charge in [-0.05, 0) is 12.1 Å². The Morgan fingerprint density at radius 3 is 3.00 bits per heavy atom. The van der Waals surface area contributed by atoms with Crippen LogP contribution >= 0.6 is 0 Å². The fraction of sp³-hybridized carbons (Fsp3) is 0.100. The van der Waals surface area contributed by atoms with Crippen LogP contribution in [0.4, 0.5) is 0 Å². The number of phenolic OH excluding ortho intramolecular Hbond substituents is 1. The number of esters is 1. The Balaban J connectivity index is 2.64. The van der Waals surface area contributed by atoms with Gasteiger partial charge in [-0.25, -0.2) is 4.79 Å². The molecule has 0 radical (unpaired) electrons. The Morgan fingerprint density at radius 2 is 2.29 bits per heavy atom. The van der Waals surface area contributed by atoms with Gasteiger partial charge < -0.3 is 14.8 Å². The number of aromatic hydroxyl groups is 1. The van der Waals surface area contributed by atoms with Crippen molar-refractivity contribution in [1.29, 1.82) is 0 Å². The summed E-state index contributed by atoms with van der Waals surface area (Å²) in [4.78, 5) is 14.2. The molecule has 0 spiro atoms. The topological polar surface area (TPSA) is 62.3 Å². The van der Waals surface area contributed by atoms with Crippen molar-refractivity contribution in [2.75, 3.05) is 7.11 Å². The predicted octanol–water partition coefficient (Wildman–Crippen LogP) is 1.66. The zero-order chi connectivity index (χ0) is 10.1. The number of ether oxygens (including phenoxy) is 1. The molecule has 0 aliphatic rings. The van der Waals surface area contributed by atoms with E-state index in [9.17, 15) is 9.90 Å². The Morgan fingerprint density at radius 1 is 1.50 bits per heavy atom. The van der Waals surface area contributed by atoms with Gasteiger partial charge in [-0.1, -0.05) is 0 Å². The third-order valence-electron chi connectivity index (χ3n) is 2.07. The Kier molecular flexibility index (Phi) is 1.89. The van der Waals surface area contributed by atoms with Gasteiger partial charge in [-0.3, -0.25) is 0 Å². The summed E-state index contributed by atoms with van der Waals surface area (Å²) in [6, 6.07) is 4.76. The molecular formula is C10H9NO3. The molecule has 1 aromatic heterocycles.